The van der Waals surface area contributed by atoms with Crippen LogP contribution in [0.4, 0.5) is 16.3 Å². The molecule has 7 heteroatoms. The minimum absolute atomic E-state index is 0.0885. The fourth-order valence-electron chi connectivity index (χ4n) is 4.18. The topological polar surface area (TPSA) is 66.9 Å². The van der Waals surface area contributed by atoms with Gasteiger partial charge in [-0.25, -0.2) is 9.78 Å². The van der Waals surface area contributed by atoms with Gasteiger partial charge in [0.2, 0.25) is 0 Å². The maximum absolute atomic E-state index is 13.1. The predicted molar refractivity (Wildman–Crippen MR) is 104 cm³/mol. The quantitative estimate of drug-likeness (QED) is 0.829. The summed E-state index contributed by atoms with van der Waals surface area (Å²) in [7, 11) is 0. The van der Waals surface area contributed by atoms with Gasteiger partial charge >= 0.3 is 6.03 Å². The summed E-state index contributed by atoms with van der Waals surface area (Å²) in [6, 6.07) is 3.73. The summed E-state index contributed by atoms with van der Waals surface area (Å²) in [5, 5.41) is 3.11. The lowest BCUT2D eigenvalue weighted by Gasteiger charge is -2.29. The van der Waals surface area contributed by atoms with Gasteiger partial charge in [0, 0.05) is 45.6 Å². The van der Waals surface area contributed by atoms with Gasteiger partial charge in [-0.3, -0.25) is 0 Å². The van der Waals surface area contributed by atoms with Crippen LogP contribution in [-0.2, 0) is 9.47 Å². The molecule has 0 aromatic carbocycles. The summed E-state index contributed by atoms with van der Waals surface area (Å²) in [6.45, 7) is 4.81. The second kappa shape index (κ2) is 8.89. The zero-order valence-electron chi connectivity index (χ0n) is 15.9. The van der Waals surface area contributed by atoms with Crippen molar-refractivity contribution >= 4 is 17.5 Å². The highest BCUT2D eigenvalue weighted by molar-refractivity contribution is 5.92. The van der Waals surface area contributed by atoms with Crippen molar-refractivity contribution in [1.29, 1.82) is 0 Å². The summed E-state index contributed by atoms with van der Waals surface area (Å²) in [5.74, 6) is 0.873. The molecule has 2 unspecified atom stereocenters. The zero-order valence-corrected chi connectivity index (χ0v) is 15.9. The standard InChI is InChI=1S/C20H30N4O3/c25-20(22-18-8-3-9-21-19(18)23-10-1-2-11-23)24(14-16-6-4-12-26-16)15-17-7-5-13-27-17/h3,8-9,16-17H,1-2,4-7,10-15H2,(H,22,25). The summed E-state index contributed by atoms with van der Waals surface area (Å²) in [6.07, 6.45) is 8.57. The molecular formula is C20H30N4O3. The number of rotatable bonds is 6. The van der Waals surface area contributed by atoms with E-state index in [9.17, 15) is 4.79 Å². The van der Waals surface area contributed by atoms with Crippen molar-refractivity contribution in [2.75, 3.05) is 49.6 Å². The Labute approximate surface area is 161 Å². The number of pyridine rings is 1. The molecule has 0 saturated carbocycles. The first kappa shape index (κ1) is 18.5. The summed E-state index contributed by atoms with van der Waals surface area (Å²) in [4.78, 5) is 21.8. The molecule has 2 amide bonds. The Balaban J connectivity index is 1.45. The van der Waals surface area contributed by atoms with Crippen LogP contribution in [0, 0.1) is 0 Å². The van der Waals surface area contributed by atoms with E-state index in [4.69, 9.17) is 9.47 Å². The molecule has 7 nitrogen and oxygen atoms in total. The lowest BCUT2D eigenvalue weighted by atomic mass is 10.2. The minimum atomic E-state index is -0.0885. The molecule has 0 bridgehead atoms. The largest absolute Gasteiger partial charge is 0.376 e. The highest BCUT2D eigenvalue weighted by Gasteiger charge is 2.28. The lowest BCUT2D eigenvalue weighted by molar-refractivity contribution is 0.0524. The number of carbonyl (C=O) groups excluding carboxylic acids is 1. The highest BCUT2D eigenvalue weighted by Crippen LogP contribution is 2.27. The third-order valence-electron chi connectivity index (χ3n) is 5.62. The Bertz CT molecular complexity index is 605. The SMILES string of the molecule is O=C(Nc1cccnc1N1CCCC1)N(CC1CCCO1)CC1CCCO1. The van der Waals surface area contributed by atoms with Gasteiger partial charge in [0.1, 0.15) is 0 Å². The van der Waals surface area contributed by atoms with E-state index < -0.39 is 0 Å². The van der Waals surface area contributed by atoms with Gasteiger partial charge < -0.3 is 24.6 Å². The van der Waals surface area contributed by atoms with Gasteiger partial charge in [0.15, 0.2) is 5.82 Å². The van der Waals surface area contributed by atoms with Crippen LogP contribution < -0.4 is 10.2 Å². The highest BCUT2D eigenvalue weighted by atomic mass is 16.5. The molecule has 4 heterocycles. The average molecular weight is 374 g/mol. The number of ether oxygens (including phenoxy) is 2. The Morgan fingerprint density at radius 3 is 2.37 bits per heavy atom. The van der Waals surface area contributed by atoms with Gasteiger partial charge in [-0.15, -0.1) is 0 Å². The third-order valence-corrected chi connectivity index (χ3v) is 5.62. The van der Waals surface area contributed by atoms with Gasteiger partial charge in [-0.05, 0) is 50.7 Å². The van der Waals surface area contributed by atoms with Crippen LogP contribution in [0.3, 0.4) is 0 Å². The maximum Gasteiger partial charge on any atom is 0.322 e. The monoisotopic (exact) mass is 374 g/mol. The number of carbonyl (C=O) groups is 1. The average Bonchev–Trinajstić information content (AvgIpc) is 3.45. The second-order valence-corrected chi connectivity index (χ2v) is 7.67. The molecule has 27 heavy (non-hydrogen) atoms. The van der Waals surface area contributed by atoms with Gasteiger partial charge in [-0.2, -0.15) is 0 Å². The van der Waals surface area contributed by atoms with E-state index in [0.717, 1.165) is 63.5 Å². The molecule has 3 aliphatic heterocycles. The number of anilines is 2. The van der Waals surface area contributed by atoms with Crippen LogP contribution in [0.1, 0.15) is 38.5 Å². The van der Waals surface area contributed by atoms with E-state index >= 15 is 0 Å². The molecule has 0 spiro atoms. The zero-order chi connectivity index (χ0) is 18.5. The van der Waals surface area contributed by atoms with Gasteiger partial charge in [0.05, 0.1) is 17.9 Å². The Morgan fingerprint density at radius 1 is 1.11 bits per heavy atom. The molecule has 3 fully saturated rings. The second-order valence-electron chi connectivity index (χ2n) is 7.67. The van der Waals surface area contributed by atoms with E-state index in [1.807, 2.05) is 17.0 Å². The maximum atomic E-state index is 13.1. The Morgan fingerprint density at radius 2 is 1.78 bits per heavy atom. The fourth-order valence-corrected chi connectivity index (χ4v) is 4.18. The van der Waals surface area contributed by atoms with Crippen LogP contribution in [0.15, 0.2) is 18.3 Å². The number of hydrogen-bond acceptors (Lipinski definition) is 5. The Kier molecular flexibility index (Phi) is 6.09. The van der Waals surface area contributed by atoms with Gasteiger partial charge in [0.25, 0.3) is 0 Å². The molecular weight excluding hydrogens is 344 g/mol. The molecule has 1 aromatic rings. The summed E-state index contributed by atoms with van der Waals surface area (Å²) >= 11 is 0. The molecule has 1 N–H and O–H groups in total. The normalized spacial score (nSPS) is 25.1. The number of nitrogens with zero attached hydrogens (tertiary/aromatic N) is 3. The molecule has 3 aliphatic rings. The van der Waals surface area contributed by atoms with Crippen LogP contribution in [0.5, 0.6) is 0 Å². The van der Waals surface area contributed by atoms with E-state index in [1.54, 1.807) is 6.20 Å². The van der Waals surface area contributed by atoms with E-state index in [1.165, 1.54) is 12.8 Å². The number of nitrogens with one attached hydrogen (secondary N) is 1. The van der Waals surface area contributed by atoms with Crippen LogP contribution in [0.2, 0.25) is 0 Å². The number of amides is 2. The van der Waals surface area contributed by atoms with Crippen molar-refractivity contribution in [3.05, 3.63) is 18.3 Å². The molecule has 0 radical (unpaired) electrons. The van der Waals surface area contributed by atoms with Crippen molar-refractivity contribution in [2.45, 2.75) is 50.7 Å². The lowest BCUT2D eigenvalue weighted by Crippen LogP contribution is -2.44. The first-order valence-electron chi connectivity index (χ1n) is 10.3. The molecule has 1 aromatic heterocycles. The Hall–Kier alpha value is -1.86. The predicted octanol–water partition coefficient (Wildman–Crippen LogP) is 2.87. The minimum Gasteiger partial charge on any atom is -0.376 e. The van der Waals surface area contributed by atoms with Crippen molar-refractivity contribution in [3.8, 4) is 0 Å². The molecule has 0 aliphatic carbocycles. The first-order chi connectivity index (χ1) is 13.3. The van der Waals surface area contributed by atoms with Crippen LogP contribution in [0.25, 0.3) is 0 Å². The molecule has 4 rings (SSSR count). The first-order valence-corrected chi connectivity index (χ1v) is 10.3. The van der Waals surface area contributed by atoms with E-state index in [-0.39, 0.29) is 18.2 Å². The van der Waals surface area contributed by atoms with Gasteiger partial charge in [-0.1, -0.05) is 0 Å². The van der Waals surface area contributed by atoms with E-state index in [2.05, 4.69) is 15.2 Å². The summed E-state index contributed by atoms with van der Waals surface area (Å²) < 4.78 is 11.5. The van der Waals surface area contributed by atoms with Crippen molar-refractivity contribution in [2.24, 2.45) is 0 Å². The fraction of sp³-hybridized carbons (Fsp3) is 0.700. The van der Waals surface area contributed by atoms with Crippen LogP contribution >= 0.6 is 0 Å². The third kappa shape index (κ3) is 4.71. The molecule has 2 atom stereocenters. The smallest absolute Gasteiger partial charge is 0.322 e. The van der Waals surface area contributed by atoms with Crippen LogP contribution in [-0.4, -0.2) is 67.5 Å². The summed E-state index contributed by atoms with van der Waals surface area (Å²) in [5.41, 5.74) is 0.786. The van der Waals surface area contributed by atoms with Crippen molar-refractivity contribution in [3.63, 3.8) is 0 Å². The van der Waals surface area contributed by atoms with E-state index in [0.29, 0.717) is 13.1 Å². The number of urea groups is 1. The molecule has 148 valence electrons. The number of aromatic nitrogens is 1. The number of hydrogen-bond donors (Lipinski definition) is 1. The molecule has 3 saturated heterocycles. The van der Waals surface area contributed by atoms with Crippen molar-refractivity contribution in [1.82, 2.24) is 9.88 Å². The van der Waals surface area contributed by atoms with Crippen molar-refractivity contribution < 1.29 is 14.3 Å².